The van der Waals surface area contributed by atoms with Gasteiger partial charge in [-0.25, -0.2) is 0 Å². The monoisotopic (exact) mass is 267 g/mol. The van der Waals surface area contributed by atoms with Crippen molar-refractivity contribution < 1.29 is 9.90 Å². The number of aliphatic hydroxyl groups is 1. The molecule has 0 spiro atoms. The Balaban J connectivity index is 2.19. The maximum absolute atomic E-state index is 11.3. The first-order chi connectivity index (χ1) is 8.49. The van der Waals surface area contributed by atoms with Crippen molar-refractivity contribution in [2.45, 2.75) is 26.4 Å². The fraction of sp³-hybridized carbons (Fsp3) is 0.500. The largest absolute Gasteiger partial charge is 0.391 e. The third kappa shape index (κ3) is 2.68. The Kier molecular flexibility index (Phi) is 3.93. The maximum atomic E-state index is 11.3. The zero-order valence-corrected chi connectivity index (χ0v) is 11.4. The molecule has 2 rings (SSSR count). The third-order valence-electron chi connectivity index (χ3n) is 3.62. The van der Waals surface area contributed by atoms with Gasteiger partial charge >= 0.3 is 0 Å². The number of hydrogen-bond acceptors (Lipinski definition) is 3. The molecule has 0 bridgehead atoms. The molecule has 1 N–H and O–H groups in total. The van der Waals surface area contributed by atoms with Gasteiger partial charge in [0.05, 0.1) is 11.1 Å². The molecule has 98 valence electrons. The van der Waals surface area contributed by atoms with E-state index in [0.717, 1.165) is 18.7 Å². The zero-order valence-electron chi connectivity index (χ0n) is 10.7. The Labute approximate surface area is 112 Å². The number of ketones is 1. The van der Waals surface area contributed by atoms with Crippen molar-refractivity contribution in [3.8, 4) is 0 Å². The van der Waals surface area contributed by atoms with Crippen LogP contribution in [0, 0.1) is 5.92 Å². The van der Waals surface area contributed by atoms with Gasteiger partial charge in [0.15, 0.2) is 5.78 Å². The minimum absolute atomic E-state index is 0.0288. The number of nitrogens with zero attached hydrogens (tertiary/aromatic N) is 1. The highest BCUT2D eigenvalue weighted by Crippen LogP contribution is 2.27. The second kappa shape index (κ2) is 5.29. The number of rotatable bonds is 2. The highest BCUT2D eigenvalue weighted by Gasteiger charge is 2.24. The molecule has 0 aliphatic carbocycles. The van der Waals surface area contributed by atoms with Gasteiger partial charge in [-0.15, -0.1) is 0 Å². The summed E-state index contributed by atoms with van der Waals surface area (Å²) in [6, 6.07) is 5.46. The molecule has 1 heterocycles. The van der Waals surface area contributed by atoms with Crippen LogP contribution in [0.4, 0.5) is 5.69 Å². The molecule has 1 aliphatic heterocycles. The van der Waals surface area contributed by atoms with E-state index >= 15 is 0 Å². The van der Waals surface area contributed by atoms with Crippen LogP contribution in [-0.4, -0.2) is 30.1 Å². The maximum Gasteiger partial charge on any atom is 0.161 e. The van der Waals surface area contributed by atoms with E-state index in [9.17, 15) is 9.90 Å². The summed E-state index contributed by atoms with van der Waals surface area (Å²) in [7, 11) is 0. The zero-order chi connectivity index (χ0) is 13.3. The normalized spacial score (nSPS) is 24.1. The second-order valence-corrected chi connectivity index (χ2v) is 5.41. The van der Waals surface area contributed by atoms with E-state index in [-0.39, 0.29) is 11.9 Å². The summed E-state index contributed by atoms with van der Waals surface area (Å²) >= 11 is 6.10. The highest BCUT2D eigenvalue weighted by molar-refractivity contribution is 6.34. The Morgan fingerprint density at radius 2 is 2.22 bits per heavy atom. The van der Waals surface area contributed by atoms with E-state index in [2.05, 4.69) is 11.8 Å². The van der Waals surface area contributed by atoms with E-state index < -0.39 is 0 Å². The van der Waals surface area contributed by atoms with Crippen molar-refractivity contribution in [2.75, 3.05) is 18.0 Å². The molecule has 0 radical (unpaired) electrons. The lowest BCUT2D eigenvalue weighted by Gasteiger charge is -2.36. The molecule has 4 heteroatoms. The van der Waals surface area contributed by atoms with Gasteiger partial charge in [-0.1, -0.05) is 18.5 Å². The lowest BCUT2D eigenvalue weighted by atomic mass is 9.95. The molecular weight excluding hydrogens is 250 g/mol. The second-order valence-electron chi connectivity index (χ2n) is 5.00. The van der Waals surface area contributed by atoms with E-state index in [1.165, 1.54) is 6.92 Å². The lowest BCUT2D eigenvalue weighted by molar-refractivity contribution is 0.101. The predicted octanol–water partition coefficient (Wildman–Crippen LogP) is 2.75. The molecule has 18 heavy (non-hydrogen) atoms. The Morgan fingerprint density at radius 1 is 1.50 bits per heavy atom. The van der Waals surface area contributed by atoms with Crippen LogP contribution in [0.1, 0.15) is 30.6 Å². The van der Waals surface area contributed by atoms with Crippen molar-refractivity contribution >= 4 is 23.1 Å². The minimum Gasteiger partial charge on any atom is -0.391 e. The molecule has 2 atom stereocenters. The Bertz CT molecular complexity index is 461. The first-order valence-electron chi connectivity index (χ1n) is 6.22. The molecule has 3 nitrogen and oxygen atoms in total. The average Bonchev–Trinajstić information content (AvgIpc) is 2.32. The van der Waals surface area contributed by atoms with Gasteiger partial charge in [0.1, 0.15) is 0 Å². The number of benzene rings is 1. The molecular formula is C14H18ClNO2. The summed E-state index contributed by atoms with van der Waals surface area (Å²) in [4.78, 5) is 13.4. The number of Topliss-reactive ketones (excluding diaryl/α,β-unsaturated/α-hetero) is 1. The molecule has 1 aromatic rings. The molecule has 1 aliphatic rings. The number of piperidine rings is 1. The summed E-state index contributed by atoms with van der Waals surface area (Å²) in [6.07, 6.45) is 0.665. The van der Waals surface area contributed by atoms with Crippen molar-refractivity contribution in [3.05, 3.63) is 28.8 Å². The first kappa shape index (κ1) is 13.4. The fourth-order valence-corrected chi connectivity index (χ4v) is 2.58. The van der Waals surface area contributed by atoms with E-state index in [0.29, 0.717) is 23.0 Å². The van der Waals surface area contributed by atoms with Crippen molar-refractivity contribution in [1.29, 1.82) is 0 Å². The number of anilines is 1. The van der Waals surface area contributed by atoms with Crippen LogP contribution in [0.3, 0.4) is 0 Å². The van der Waals surface area contributed by atoms with Gasteiger partial charge in [-0.3, -0.25) is 4.79 Å². The highest BCUT2D eigenvalue weighted by atomic mass is 35.5. The summed E-state index contributed by atoms with van der Waals surface area (Å²) in [5, 5.41) is 10.4. The third-order valence-corrected chi connectivity index (χ3v) is 3.93. The molecule has 2 unspecified atom stereocenters. The molecule has 0 saturated carbocycles. The predicted molar refractivity (Wildman–Crippen MR) is 73.5 cm³/mol. The van der Waals surface area contributed by atoms with E-state index in [4.69, 9.17) is 11.6 Å². The topological polar surface area (TPSA) is 40.5 Å². The molecule has 1 fully saturated rings. The molecule has 0 aromatic heterocycles. The van der Waals surface area contributed by atoms with Gasteiger partial charge in [-0.05, 0) is 37.5 Å². The standard InChI is InChI=1S/C14H18ClNO2/c1-9-5-6-16(8-14(9)18)11-3-4-12(10(2)17)13(15)7-11/h3-4,7,9,14,18H,5-6,8H2,1-2H3. The summed E-state index contributed by atoms with van der Waals surface area (Å²) in [6.45, 7) is 5.10. The van der Waals surface area contributed by atoms with Crippen LogP contribution in [0.15, 0.2) is 18.2 Å². The number of carbonyl (C=O) groups excluding carboxylic acids is 1. The number of β-amino-alcohol motifs (C(OH)–C–C–N with tert-alkyl or cyclic N) is 1. The average molecular weight is 268 g/mol. The Morgan fingerprint density at radius 3 is 2.78 bits per heavy atom. The van der Waals surface area contributed by atoms with Crippen molar-refractivity contribution in [1.82, 2.24) is 0 Å². The van der Waals surface area contributed by atoms with Gasteiger partial charge in [0.25, 0.3) is 0 Å². The van der Waals surface area contributed by atoms with Gasteiger partial charge in [0, 0.05) is 24.3 Å². The minimum atomic E-state index is -0.301. The van der Waals surface area contributed by atoms with Crippen LogP contribution in [0.25, 0.3) is 0 Å². The van der Waals surface area contributed by atoms with Gasteiger partial charge in [0.2, 0.25) is 0 Å². The SMILES string of the molecule is CC(=O)c1ccc(N2CCC(C)C(O)C2)cc1Cl. The lowest BCUT2D eigenvalue weighted by Crippen LogP contribution is -2.42. The quantitative estimate of drug-likeness (QED) is 0.838. The van der Waals surface area contributed by atoms with Gasteiger partial charge < -0.3 is 10.0 Å². The van der Waals surface area contributed by atoms with Gasteiger partial charge in [-0.2, -0.15) is 0 Å². The molecule has 0 amide bonds. The first-order valence-corrected chi connectivity index (χ1v) is 6.60. The van der Waals surface area contributed by atoms with Crippen molar-refractivity contribution in [2.24, 2.45) is 5.92 Å². The summed E-state index contributed by atoms with van der Waals surface area (Å²) in [5.41, 5.74) is 1.52. The van der Waals surface area contributed by atoms with Crippen molar-refractivity contribution in [3.63, 3.8) is 0 Å². The Hall–Kier alpha value is -1.06. The summed E-state index contributed by atoms with van der Waals surface area (Å²) < 4.78 is 0. The van der Waals surface area contributed by atoms with Crippen LogP contribution >= 0.6 is 11.6 Å². The smallest absolute Gasteiger partial charge is 0.161 e. The number of halogens is 1. The van der Waals surface area contributed by atoms with Crippen LogP contribution < -0.4 is 4.90 Å². The van der Waals surface area contributed by atoms with Crippen LogP contribution in [-0.2, 0) is 0 Å². The van der Waals surface area contributed by atoms with Crippen LogP contribution in [0.2, 0.25) is 5.02 Å². The van der Waals surface area contributed by atoms with E-state index in [1.54, 1.807) is 12.1 Å². The number of carbonyl (C=O) groups is 1. The molecule has 1 saturated heterocycles. The summed E-state index contributed by atoms with van der Waals surface area (Å²) in [5.74, 6) is 0.312. The molecule has 1 aromatic carbocycles. The number of aliphatic hydroxyl groups excluding tert-OH is 1. The van der Waals surface area contributed by atoms with E-state index in [1.807, 2.05) is 6.07 Å². The van der Waals surface area contributed by atoms with Crippen LogP contribution in [0.5, 0.6) is 0 Å². The fourth-order valence-electron chi connectivity index (χ4n) is 2.27. The number of hydrogen-bond donors (Lipinski definition) is 1.